The Morgan fingerprint density at radius 3 is 2.53 bits per heavy atom. The number of rotatable bonds is 4. The summed E-state index contributed by atoms with van der Waals surface area (Å²) in [7, 11) is 0. The van der Waals surface area contributed by atoms with Crippen LogP contribution in [0.3, 0.4) is 0 Å². The van der Waals surface area contributed by atoms with Crippen molar-refractivity contribution in [3.05, 3.63) is 16.4 Å². The van der Waals surface area contributed by atoms with Gasteiger partial charge in [-0.3, -0.25) is 16.0 Å². The fourth-order valence-corrected chi connectivity index (χ4v) is 3.63. The molecule has 1 fully saturated rings. The van der Waals surface area contributed by atoms with Crippen LogP contribution in [0.15, 0.2) is 10.7 Å². The predicted molar refractivity (Wildman–Crippen MR) is 81.5 cm³/mol. The second kappa shape index (κ2) is 6.37. The maximum absolute atomic E-state index is 5.86. The number of nitrogens with two attached hydrogens (primary N) is 1. The van der Waals surface area contributed by atoms with Crippen LogP contribution in [0, 0.1) is 11.8 Å². The molecule has 0 amide bonds. The quantitative estimate of drug-likeness (QED) is 0.656. The van der Waals surface area contributed by atoms with E-state index in [1.165, 1.54) is 31.4 Å². The molecule has 5 heteroatoms. The van der Waals surface area contributed by atoms with Crippen molar-refractivity contribution < 1.29 is 0 Å². The topological polar surface area (TPSA) is 55.9 Å². The van der Waals surface area contributed by atoms with Gasteiger partial charge in [0.25, 0.3) is 0 Å². The Morgan fingerprint density at radius 1 is 1.37 bits per heavy atom. The Kier molecular flexibility index (Phi) is 5.03. The number of hydrogen-bond donors (Lipinski definition) is 2. The SMILES string of the molecule is CC1CCC(C(NN)c2c(Br)cnn2C(C)C)CC1. The van der Waals surface area contributed by atoms with Crippen molar-refractivity contribution in [3.8, 4) is 0 Å². The average molecular weight is 329 g/mol. The summed E-state index contributed by atoms with van der Waals surface area (Å²) in [5.74, 6) is 7.31. The molecular formula is C14H25BrN4. The van der Waals surface area contributed by atoms with Gasteiger partial charge in [-0.05, 0) is 54.5 Å². The van der Waals surface area contributed by atoms with Crippen LogP contribution in [0.5, 0.6) is 0 Å². The fourth-order valence-electron chi connectivity index (χ4n) is 3.11. The lowest BCUT2D eigenvalue weighted by Gasteiger charge is -2.33. The molecule has 0 saturated heterocycles. The molecule has 3 N–H and O–H groups in total. The summed E-state index contributed by atoms with van der Waals surface area (Å²) in [6.45, 7) is 6.65. The Balaban J connectivity index is 2.24. The summed E-state index contributed by atoms with van der Waals surface area (Å²) < 4.78 is 3.13. The lowest BCUT2D eigenvalue weighted by molar-refractivity contribution is 0.223. The third kappa shape index (κ3) is 3.20. The molecule has 1 atom stereocenters. The molecule has 1 unspecified atom stereocenters. The van der Waals surface area contributed by atoms with Crippen molar-refractivity contribution in [3.63, 3.8) is 0 Å². The molecule has 0 radical (unpaired) electrons. The van der Waals surface area contributed by atoms with Gasteiger partial charge in [0.05, 0.1) is 22.4 Å². The van der Waals surface area contributed by atoms with Crippen molar-refractivity contribution in [2.24, 2.45) is 17.7 Å². The maximum atomic E-state index is 5.86. The number of hydrazine groups is 1. The molecule has 1 aromatic heterocycles. The van der Waals surface area contributed by atoms with Gasteiger partial charge in [-0.2, -0.15) is 5.10 Å². The van der Waals surface area contributed by atoms with Gasteiger partial charge < -0.3 is 0 Å². The van der Waals surface area contributed by atoms with E-state index in [1.807, 2.05) is 6.20 Å². The second-order valence-electron chi connectivity index (χ2n) is 6.08. The molecule has 0 aliphatic heterocycles. The van der Waals surface area contributed by atoms with Gasteiger partial charge in [0, 0.05) is 6.04 Å². The summed E-state index contributed by atoms with van der Waals surface area (Å²) in [4.78, 5) is 0. The molecular weight excluding hydrogens is 304 g/mol. The summed E-state index contributed by atoms with van der Waals surface area (Å²) >= 11 is 3.63. The second-order valence-corrected chi connectivity index (χ2v) is 6.93. The average Bonchev–Trinajstić information content (AvgIpc) is 2.75. The van der Waals surface area contributed by atoms with E-state index in [-0.39, 0.29) is 6.04 Å². The normalized spacial score (nSPS) is 25.8. The lowest BCUT2D eigenvalue weighted by atomic mass is 9.78. The highest BCUT2D eigenvalue weighted by Gasteiger charge is 2.30. The third-order valence-electron chi connectivity index (χ3n) is 4.28. The summed E-state index contributed by atoms with van der Waals surface area (Å²) in [6, 6.07) is 0.534. The molecule has 1 heterocycles. The van der Waals surface area contributed by atoms with Crippen LogP contribution < -0.4 is 11.3 Å². The number of hydrogen-bond acceptors (Lipinski definition) is 3. The monoisotopic (exact) mass is 328 g/mol. The molecule has 0 bridgehead atoms. The van der Waals surface area contributed by atoms with Gasteiger partial charge in [0.2, 0.25) is 0 Å². The molecule has 0 spiro atoms. The number of halogens is 1. The highest BCUT2D eigenvalue weighted by Crippen LogP contribution is 2.39. The van der Waals surface area contributed by atoms with Crippen molar-refractivity contribution in [1.29, 1.82) is 0 Å². The fraction of sp³-hybridized carbons (Fsp3) is 0.786. The van der Waals surface area contributed by atoms with Gasteiger partial charge in [-0.15, -0.1) is 0 Å². The first-order valence-corrected chi connectivity index (χ1v) is 8.03. The van der Waals surface area contributed by atoms with E-state index in [0.29, 0.717) is 12.0 Å². The van der Waals surface area contributed by atoms with Crippen molar-refractivity contribution >= 4 is 15.9 Å². The van der Waals surface area contributed by atoms with Crippen LogP contribution in [-0.2, 0) is 0 Å². The summed E-state index contributed by atoms with van der Waals surface area (Å²) in [5, 5.41) is 4.47. The van der Waals surface area contributed by atoms with Crippen LogP contribution in [0.2, 0.25) is 0 Å². The lowest BCUT2D eigenvalue weighted by Crippen LogP contribution is -2.37. The van der Waals surface area contributed by atoms with Crippen molar-refractivity contribution in [2.75, 3.05) is 0 Å². The van der Waals surface area contributed by atoms with Gasteiger partial charge in [0.1, 0.15) is 0 Å². The molecule has 108 valence electrons. The van der Waals surface area contributed by atoms with E-state index in [0.717, 1.165) is 10.4 Å². The van der Waals surface area contributed by atoms with E-state index < -0.39 is 0 Å². The first-order valence-electron chi connectivity index (χ1n) is 7.23. The molecule has 1 saturated carbocycles. The van der Waals surface area contributed by atoms with E-state index >= 15 is 0 Å². The van der Waals surface area contributed by atoms with Crippen LogP contribution >= 0.6 is 15.9 Å². The minimum Gasteiger partial charge on any atom is -0.271 e. The molecule has 19 heavy (non-hydrogen) atoms. The highest BCUT2D eigenvalue weighted by atomic mass is 79.9. The zero-order valence-corrected chi connectivity index (χ0v) is 13.7. The van der Waals surface area contributed by atoms with Crippen LogP contribution in [0.25, 0.3) is 0 Å². The maximum Gasteiger partial charge on any atom is 0.0715 e. The van der Waals surface area contributed by atoms with E-state index in [2.05, 4.69) is 51.9 Å². The van der Waals surface area contributed by atoms with Gasteiger partial charge in [0.15, 0.2) is 0 Å². The largest absolute Gasteiger partial charge is 0.271 e. The zero-order valence-electron chi connectivity index (χ0n) is 12.1. The van der Waals surface area contributed by atoms with Gasteiger partial charge >= 0.3 is 0 Å². The first-order chi connectivity index (χ1) is 9.04. The van der Waals surface area contributed by atoms with E-state index in [1.54, 1.807) is 0 Å². The van der Waals surface area contributed by atoms with E-state index in [4.69, 9.17) is 5.84 Å². The minimum absolute atomic E-state index is 0.187. The summed E-state index contributed by atoms with van der Waals surface area (Å²) in [6.07, 6.45) is 6.97. The number of nitrogens with one attached hydrogen (secondary N) is 1. The van der Waals surface area contributed by atoms with Crippen LogP contribution in [0.4, 0.5) is 0 Å². The van der Waals surface area contributed by atoms with Gasteiger partial charge in [-0.25, -0.2) is 0 Å². The highest BCUT2D eigenvalue weighted by molar-refractivity contribution is 9.10. The molecule has 1 aliphatic rings. The standard InChI is InChI=1S/C14H25BrN4/c1-9(2)19-14(12(15)8-17-19)13(18-16)11-6-4-10(3)5-7-11/h8-11,13,18H,4-7,16H2,1-3H3. The first kappa shape index (κ1) is 15.0. The molecule has 2 rings (SSSR count). The van der Waals surface area contributed by atoms with E-state index in [9.17, 15) is 0 Å². The Bertz CT molecular complexity index is 408. The molecule has 1 aliphatic carbocycles. The molecule has 4 nitrogen and oxygen atoms in total. The van der Waals surface area contributed by atoms with Crippen molar-refractivity contribution in [1.82, 2.24) is 15.2 Å². The Morgan fingerprint density at radius 2 is 2.00 bits per heavy atom. The van der Waals surface area contributed by atoms with Crippen LogP contribution in [-0.4, -0.2) is 9.78 Å². The molecule has 1 aromatic rings. The van der Waals surface area contributed by atoms with Crippen molar-refractivity contribution in [2.45, 2.75) is 58.5 Å². The van der Waals surface area contributed by atoms with Crippen LogP contribution in [0.1, 0.15) is 64.2 Å². The smallest absolute Gasteiger partial charge is 0.0715 e. The Labute approximate surface area is 124 Å². The Hall–Kier alpha value is -0.390. The minimum atomic E-state index is 0.187. The summed E-state index contributed by atoms with van der Waals surface area (Å²) in [5.41, 5.74) is 4.23. The molecule has 0 aromatic carbocycles. The third-order valence-corrected chi connectivity index (χ3v) is 4.89. The number of nitrogens with zero attached hydrogens (tertiary/aromatic N) is 2. The van der Waals surface area contributed by atoms with Gasteiger partial charge in [-0.1, -0.05) is 19.8 Å². The predicted octanol–water partition coefficient (Wildman–Crippen LogP) is 3.56. The zero-order chi connectivity index (χ0) is 14.0. The number of aromatic nitrogens is 2.